The van der Waals surface area contributed by atoms with E-state index >= 15 is 0 Å². The number of hydrogen-bond donors (Lipinski definition) is 1. The van der Waals surface area contributed by atoms with Crippen molar-refractivity contribution in [1.29, 1.82) is 0 Å². The molecule has 0 heterocycles. The zero-order valence-electron chi connectivity index (χ0n) is 9.67. The third-order valence-corrected chi connectivity index (χ3v) is 3.29. The first kappa shape index (κ1) is 10.4. The molecule has 1 N–H and O–H groups in total. The molecule has 1 nitrogen and oxygen atoms in total. The summed E-state index contributed by atoms with van der Waals surface area (Å²) in [6.07, 6.45) is 3.64. The largest absolute Gasteiger partial charge is 0.389 e. The van der Waals surface area contributed by atoms with Crippen LogP contribution in [-0.2, 0) is 0 Å². The van der Waals surface area contributed by atoms with Gasteiger partial charge in [0.1, 0.15) is 0 Å². The van der Waals surface area contributed by atoms with E-state index < -0.39 is 0 Å². The van der Waals surface area contributed by atoms with Crippen molar-refractivity contribution in [3.8, 4) is 0 Å². The Morgan fingerprint density at radius 1 is 1.07 bits per heavy atom. The topological polar surface area (TPSA) is 20.2 Å². The summed E-state index contributed by atoms with van der Waals surface area (Å²) in [4.78, 5) is 0. The van der Waals surface area contributed by atoms with E-state index in [1.807, 2.05) is 6.08 Å². The molecule has 0 fully saturated rings. The highest BCUT2D eigenvalue weighted by atomic mass is 16.3. The molecule has 0 aromatic heterocycles. The number of aliphatic hydroxyl groups excluding tert-OH is 1. The first-order chi connectivity index (χ1) is 7.08. The molecule has 0 bridgehead atoms. The van der Waals surface area contributed by atoms with Crippen molar-refractivity contribution in [1.82, 2.24) is 0 Å². The van der Waals surface area contributed by atoms with Crippen LogP contribution in [0.1, 0.15) is 35.1 Å². The van der Waals surface area contributed by atoms with Crippen molar-refractivity contribution in [2.75, 3.05) is 0 Å². The maximum absolute atomic E-state index is 9.50. The van der Waals surface area contributed by atoms with Crippen LogP contribution in [0.25, 0.3) is 5.57 Å². The lowest BCUT2D eigenvalue weighted by Gasteiger charge is -2.10. The molecule has 0 spiro atoms. The number of aliphatic hydroxyl groups is 1. The Balaban J connectivity index is 2.45. The Kier molecular flexibility index (Phi) is 2.66. The molecular weight excluding hydrogens is 184 g/mol. The maximum Gasteiger partial charge on any atom is 0.0730 e. The van der Waals surface area contributed by atoms with Gasteiger partial charge in [-0.05, 0) is 61.4 Å². The van der Waals surface area contributed by atoms with Gasteiger partial charge in [0.15, 0.2) is 0 Å². The standard InChI is InChI=1S/C14H18O/c1-9-6-11(3)14(7-10(9)2)12-4-5-13(15)8-12/h6-8,13,15H,4-5H2,1-3H3. The lowest BCUT2D eigenvalue weighted by Crippen LogP contribution is -1.93. The molecule has 1 heteroatoms. The minimum Gasteiger partial charge on any atom is -0.389 e. The van der Waals surface area contributed by atoms with E-state index in [1.165, 1.54) is 27.8 Å². The highest BCUT2D eigenvalue weighted by Gasteiger charge is 2.16. The number of aryl methyl sites for hydroxylation is 3. The summed E-state index contributed by atoms with van der Waals surface area (Å²) in [6, 6.07) is 4.48. The SMILES string of the molecule is Cc1cc(C)c(C2=CC(O)CC2)cc1C. The van der Waals surface area contributed by atoms with Crippen LogP contribution >= 0.6 is 0 Å². The Bertz CT molecular complexity index is 416. The van der Waals surface area contributed by atoms with E-state index in [1.54, 1.807) is 0 Å². The molecule has 1 atom stereocenters. The molecule has 2 rings (SSSR count). The summed E-state index contributed by atoms with van der Waals surface area (Å²) in [5, 5.41) is 9.50. The van der Waals surface area contributed by atoms with E-state index in [2.05, 4.69) is 32.9 Å². The number of rotatable bonds is 1. The minimum absolute atomic E-state index is 0.235. The van der Waals surface area contributed by atoms with Gasteiger partial charge in [-0.2, -0.15) is 0 Å². The van der Waals surface area contributed by atoms with Crippen molar-refractivity contribution in [3.05, 3.63) is 40.5 Å². The average molecular weight is 202 g/mol. The van der Waals surface area contributed by atoms with Crippen LogP contribution in [0, 0.1) is 20.8 Å². The Labute approximate surface area is 91.4 Å². The molecule has 0 radical (unpaired) electrons. The molecule has 1 aromatic rings. The van der Waals surface area contributed by atoms with E-state index in [9.17, 15) is 5.11 Å². The van der Waals surface area contributed by atoms with Gasteiger partial charge in [0.2, 0.25) is 0 Å². The third-order valence-electron chi connectivity index (χ3n) is 3.29. The van der Waals surface area contributed by atoms with Crippen LogP contribution in [0.5, 0.6) is 0 Å². The fourth-order valence-corrected chi connectivity index (χ4v) is 2.23. The van der Waals surface area contributed by atoms with Crippen LogP contribution in [0.2, 0.25) is 0 Å². The molecule has 1 aliphatic carbocycles. The Morgan fingerprint density at radius 3 is 2.33 bits per heavy atom. The monoisotopic (exact) mass is 202 g/mol. The lowest BCUT2D eigenvalue weighted by atomic mass is 9.95. The average Bonchev–Trinajstić information content (AvgIpc) is 2.58. The number of hydrogen-bond acceptors (Lipinski definition) is 1. The van der Waals surface area contributed by atoms with Crippen LogP contribution in [0.4, 0.5) is 0 Å². The van der Waals surface area contributed by atoms with Crippen molar-refractivity contribution in [2.45, 2.75) is 39.7 Å². The summed E-state index contributed by atoms with van der Waals surface area (Å²) in [7, 11) is 0. The predicted molar refractivity (Wildman–Crippen MR) is 63.9 cm³/mol. The summed E-state index contributed by atoms with van der Waals surface area (Å²) < 4.78 is 0. The number of allylic oxidation sites excluding steroid dienone is 1. The molecule has 0 aliphatic heterocycles. The molecule has 0 amide bonds. The van der Waals surface area contributed by atoms with Crippen LogP contribution in [-0.4, -0.2) is 11.2 Å². The molecule has 1 unspecified atom stereocenters. The van der Waals surface area contributed by atoms with Crippen molar-refractivity contribution in [2.24, 2.45) is 0 Å². The van der Waals surface area contributed by atoms with Gasteiger partial charge in [0.25, 0.3) is 0 Å². The molecular formula is C14H18O. The van der Waals surface area contributed by atoms with Gasteiger partial charge in [-0.15, -0.1) is 0 Å². The van der Waals surface area contributed by atoms with Gasteiger partial charge in [0, 0.05) is 0 Å². The summed E-state index contributed by atoms with van der Waals surface area (Å²) in [5.41, 5.74) is 6.62. The molecule has 1 aliphatic rings. The first-order valence-corrected chi connectivity index (χ1v) is 5.55. The second kappa shape index (κ2) is 3.82. The predicted octanol–water partition coefficient (Wildman–Crippen LogP) is 3.15. The summed E-state index contributed by atoms with van der Waals surface area (Å²) >= 11 is 0. The molecule has 0 saturated carbocycles. The van der Waals surface area contributed by atoms with Gasteiger partial charge in [-0.3, -0.25) is 0 Å². The fourth-order valence-electron chi connectivity index (χ4n) is 2.23. The van der Waals surface area contributed by atoms with Crippen LogP contribution in [0.3, 0.4) is 0 Å². The first-order valence-electron chi connectivity index (χ1n) is 5.55. The quantitative estimate of drug-likeness (QED) is 0.741. The van der Waals surface area contributed by atoms with Gasteiger partial charge < -0.3 is 5.11 Å². The van der Waals surface area contributed by atoms with Crippen molar-refractivity contribution >= 4 is 5.57 Å². The smallest absolute Gasteiger partial charge is 0.0730 e. The van der Waals surface area contributed by atoms with E-state index in [0.29, 0.717) is 0 Å². The summed E-state index contributed by atoms with van der Waals surface area (Å²) in [6.45, 7) is 6.43. The minimum atomic E-state index is -0.235. The molecule has 80 valence electrons. The van der Waals surface area contributed by atoms with Crippen molar-refractivity contribution in [3.63, 3.8) is 0 Å². The van der Waals surface area contributed by atoms with Gasteiger partial charge in [-0.25, -0.2) is 0 Å². The van der Waals surface area contributed by atoms with Gasteiger partial charge in [-0.1, -0.05) is 18.2 Å². The second-order valence-electron chi connectivity index (χ2n) is 4.55. The molecule has 1 aromatic carbocycles. The van der Waals surface area contributed by atoms with Crippen LogP contribution in [0.15, 0.2) is 18.2 Å². The van der Waals surface area contributed by atoms with Gasteiger partial charge in [0.05, 0.1) is 6.10 Å². The zero-order valence-corrected chi connectivity index (χ0v) is 9.67. The summed E-state index contributed by atoms with van der Waals surface area (Å²) in [5.74, 6) is 0. The maximum atomic E-state index is 9.50. The lowest BCUT2D eigenvalue weighted by molar-refractivity contribution is 0.223. The highest BCUT2D eigenvalue weighted by molar-refractivity contribution is 5.71. The van der Waals surface area contributed by atoms with E-state index in [-0.39, 0.29) is 6.10 Å². The van der Waals surface area contributed by atoms with Crippen molar-refractivity contribution < 1.29 is 5.11 Å². The highest BCUT2D eigenvalue weighted by Crippen LogP contribution is 2.31. The molecule has 15 heavy (non-hydrogen) atoms. The number of benzene rings is 1. The Hall–Kier alpha value is -1.08. The van der Waals surface area contributed by atoms with E-state index in [4.69, 9.17) is 0 Å². The normalized spacial score (nSPS) is 20.5. The third kappa shape index (κ3) is 1.98. The zero-order chi connectivity index (χ0) is 11.0. The Morgan fingerprint density at radius 2 is 1.73 bits per heavy atom. The van der Waals surface area contributed by atoms with E-state index in [0.717, 1.165) is 12.8 Å². The van der Waals surface area contributed by atoms with Crippen LogP contribution < -0.4 is 0 Å². The molecule has 0 saturated heterocycles. The fraction of sp³-hybridized carbons (Fsp3) is 0.429. The van der Waals surface area contributed by atoms with Gasteiger partial charge >= 0.3 is 0 Å². The second-order valence-corrected chi connectivity index (χ2v) is 4.55.